The highest BCUT2D eigenvalue weighted by atomic mass is 32.1. The normalized spacial score (nSPS) is 26.1. The van der Waals surface area contributed by atoms with Crippen LogP contribution in [0.2, 0.25) is 0 Å². The summed E-state index contributed by atoms with van der Waals surface area (Å²) in [5.41, 5.74) is 0.452. The topological polar surface area (TPSA) is 182 Å². The number of fused-ring (bicyclic) bond motifs is 2. The highest BCUT2D eigenvalue weighted by Gasteiger charge is 2.61. The van der Waals surface area contributed by atoms with E-state index in [1.54, 1.807) is 19.4 Å². The van der Waals surface area contributed by atoms with E-state index in [1.165, 1.54) is 33.4 Å². The molecule has 260 valence electrons. The quantitative estimate of drug-likeness (QED) is 0.238. The third kappa shape index (κ3) is 6.52. The van der Waals surface area contributed by atoms with E-state index in [2.05, 4.69) is 15.6 Å². The van der Waals surface area contributed by atoms with Gasteiger partial charge in [0.1, 0.15) is 39.8 Å². The van der Waals surface area contributed by atoms with Crippen molar-refractivity contribution in [2.75, 3.05) is 13.7 Å². The number of nitrogens with one attached hydrogen (secondary N) is 2. The molecule has 4 aromatic rings. The number of carboxylic acids is 1. The molecule has 3 aliphatic rings. The molecular weight excluding hydrogens is 662 g/mol. The summed E-state index contributed by atoms with van der Waals surface area (Å²) < 4.78 is 10.6. The van der Waals surface area contributed by atoms with Gasteiger partial charge < -0.3 is 29.8 Å². The maximum absolute atomic E-state index is 14.4. The number of carbonyl (C=O) groups excluding carboxylic acids is 3. The van der Waals surface area contributed by atoms with Crippen LogP contribution in [0.25, 0.3) is 22.0 Å². The molecular formula is C35H37N7O7S. The van der Waals surface area contributed by atoms with Gasteiger partial charge in [0.25, 0.3) is 5.91 Å². The van der Waals surface area contributed by atoms with Gasteiger partial charge in [-0.05, 0) is 62.1 Å². The fourth-order valence-corrected chi connectivity index (χ4v) is 7.42. The monoisotopic (exact) mass is 699 g/mol. The predicted molar refractivity (Wildman–Crippen MR) is 181 cm³/mol. The van der Waals surface area contributed by atoms with E-state index in [9.17, 15) is 24.3 Å². The molecule has 50 heavy (non-hydrogen) atoms. The number of carboxylic acid groups (broad SMARTS) is 1. The fraction of sp³-hybridized carbons (Fsp3) is 0.400. The third-order valence-electron chi connectivity index (χ3n) is 9.64. The van der Waals surface area contributed by atoms with Crippen LogP contribution in [-0.4, -0.2) is 85.0 Å². The van der Waals surface area contributed by atoms with Crippen molar-refractivity contribution in [2.24, 2.45) is 5.92 Å². The lowest BCUT2D eigenvalue weighted by atomic mass is 10.0. The Morgan fingerprint density at radius 1 is 1.12 bits per heavy atom. The smallest absolute Gasteiger partial charge is 0.330 e. The number of aromatic nitrogens is 4. The number of benzene rings is 1. The van der Waals surface area contributed by atoms with Crippen molar-refractivity contribution in [3.8, 4) is 27.7 Å². The Balaban J connectivity index is 1.24. The van der Waals surface area contributed by atoms with Gasteiger partial charge in [-0.25, -0.2) is 9.78 Å². The summed E-state index contributed by atoms with van der Waals surface area (Å²) in [5, 5.41) is 28.0. The SMILES string of the molecule is COc1ccc(-c2nn([C@@H]3CC4C(=O)NC5(C(=O)O)CC5/C=C\CCCCCC(NC(=O)c5ccco5)C(=O)N4C3)nc2-c2nccs2)cc1. The highest BCUT2D eigenvalue weighted by molar-refractivity contribution is 7.13. The van der Waals surface area contributed by atoms with Crippen LogP contribution in [0.5, 0.6) is 5.75 Å². The maximum atomic E-state index is 14.4. The lowest BCUT2D eigenvalue weighted by molar-refractivity contribution is -0.145. The van der Waals surface area contributed by atoms with Crippen LogP contribution in [0.4, 0.5) is 0 Å². The summed E-state index contributed by atoms with van der Waals surface area (Å²) in [6, 6.07) is 7.97. The first-order chi connectivity index (χ1) is 24.3. The van der Waals surface area contributed by atoms with Gasteiger partial charge >= 0.3 is 5.97 Å². The second-order valence-electron chi connectivity index (χ2n) is 12.8. The Hall–Kier alpha value is -5.31. The zero-order valence-corrected chi connectivity index (χ0v) is 28.2. The molecule has 5 atom stereocenters. The number of aliphatic carboxylic acids is 1. The Morgan fingerprint density at radius 2 is 1.94 bits per heavy atom. The Morgan fingerprint density at radius 3 is 2.66 bits per heavy atom. The number of hydrogen-bond donors (Lipinski definition) is 3. The molecule has 0 radical (unpaired) electrons. The minimum absolute atomic E-state index is 0.0570. The van der Waals surface area contributed by atoms with Crippen molar-refractivity contribution in [1.29, 1.82) is 0 Å². The van der Waals surface area contributed by atoms with Gasteiger partial charge in [0.15, 0.2) is 5.76 Å². The van der Waals surface area contributed by atoms with E-state index in [1.807, 2.05) is 41.8 Å². The van der Waals surface area contributed by atoms with E-state index in [4.69, 9.17) is 19.4 Å². The third-order valence-corrected chi connectivity index (χ3v) is 10.4. The molecule has 5 heterocycles. The van der Waals surface area contributed by atoms with Crippen molar-refractivity contribution >= 4 is 35.0 Å². The molecule has 3 aromatic heterocycles. The first-order valence-electron chi connectivity index (χ1n) is 16.7. The number of ether oxygens (including phenoxy) is 1. The lowest BCUT2D eigenvalue weighted by Crippen LogP contribution is -2.56. The average molecular weight is 700 g/mol. The fourth-order valence-electron chi connectivity index (χ4n) is 6.80. The van der Waals surface area contributed by atoms with Gasteiger partial charge in [0.05, 0.1) is 19.4 Å². The molecule has 7 rings (SSSR count). The van der Waals surface area contributed by atoms with Crippen molar-refractivity contribution in [3.05, 3.63) is 72.2 Å². The average Bonchev–Trinajstić information content (AvgIpc) is 3.77. The number of amides is 3. The number of hydrogen-bond acceptors (Lipinski definition) is 10. The minimum atomic E-state index is -1.45. The number of furan rings is 1. The molecule has 1 aliphatic carbocycles. The molecule has 0 spiro atoms. The molecule has 1 saturated heterocycles. The van der Waals surface area contributed by atoms with Gasteiger partial charge in [-0.3, -0.25) is 14.4 Å². The van der Waals surface area contributed by atoms with Crippen LogP contribution in [0.3, 0.4) is 0 Å². The number of rotatable bonds is 7. The number of methoxy groups -OCH3 is 1. The van der Waals surface area contributed by atoms with E-state index in [-0.39, 0.29) is 31.1 Å². The van der Waals surface area contributed by atoms with Crippen LogP contribution < -0.4 is 15.4 Å². The molecule has 14 nitrogen and oxygen atoms in total. The van der Waals surface area contributed by atoms with Crippen LogP contribution in [0.15, 0.2) is 70.8 Å². The number of carbonyl (C=O) groups is 4. The zero-order chi connectivity index (χ0) is 34.8. The first kappa shape index (κ1) is 33.2. The maximum Gasteiger partial charge on any atom is 0.330 e. The second kappa shape index (κ2) is 13.9. The molecule has 0 bridgehead atoms. The number of thiazole rings is 1. The molecule has 2 aliphatic heterocycles. The largest absolute Gasteiger partial charge is 0.497 e. The van der Waals surface area contributed by atoms with Gasteiger partial charge in [-0.15, -0.1) is 16.4 Å². The summed E-state index contributed by atoms with van der Waals surface area (Å²) in [5.74, 6) is -2.28. The zero-order valence-electron chi connectivity index (χ0n) is 27.4. The molecule has 1 saturated carbocycles. The van der Waals surface area contributed by atoms with E-state index < -0.39 is 47.4 Å². The van der Waals surface area contributed by atoms with Gasteiger partial charge in [0.2, 0.25) is 11.8 Å². The van der Waals surface area contributed by atoms with Crippen molar-refractivity contribution in [2.45, 2.75) is 68.6 Å². The summed E-state index contributed by atoms with van der Waals surface area (Å²) in [4.78, 5) is 61.6. The molecule has 3 amide bonds. The van der Waals surface area contributed by atoms with E-state index in [0.29, 0.717) is 35.0 Å². The minimum Gasteiger partial charge on any atom is -0.497 e. The van der Waals surface area contributed by atoms with Crippen molar-refractivity contribution in [3.63, 3.8) is 0 Å². The van der Waals surface area contributed by atoms with Crippen LogP contribution >= 0.6 is 11.3 Å². The highest BCUT2D eigenvalue weighted by Crippen LogP contribution is 2.46. The van der Waals surface area contributed by atoms with Crippen molar-refractivity contribution in [1.82, 2.24) is 35.5 Å². The first-order valence-corrected chi connectivity index (χ1v) is 17.5. The van der Waals surface area contributed by atoms with Crippen molar-refractivity contribution < 1.29 is 33.4 Å². The summed E-state index contributed by atoms with van der Waals surface area (Å²) in [6.07, 6.45) is 10.7. The second-order valence-corrected chi connectivity index (χ2v) is 13.7. The molecule has 3 N–H and O–H groups in total. The van der Waals surface area contributed by atoms with Gasteiger partial charge in [-0.1, -0.05) is 25.0 Å². The Labute approximate surface area is 291 Å². The number of nitrogens with zero attached hydrogens (tertiary/aromatic N) is 5. The summed E-state index contributed by atoms with van der Waals surface area (Å²) in [7, 11) is 1.59. The number of allylic oxidation sites excluding steroid dienone is 1. The molecule has 4 unspecified atom stereocenters. The lowest BCUT2D eigenvalue weighted by Gasteiger charge is -2.29. The van der Waals surface area contributed by atoms with Crippen LogP contribution in [0.1, 0.15) is 61.5 Å². The van der Waals surface area contributed by atoms with E-state index in [0.717, 1.165) is 24.8 Å². The Kier molecular flexibility index (Phi) is 9.23. The van der Waals surface area contributed by atoms with Crippen LogP contribution in [-0.2, 0) is 14.4 Å². The Bertz CT molecular complexity index is 1890. The van der Waals surface area contributed by atoms with Crippen LogP contribution in [0, 0.1) is 5.92 Å². The molecule has 15 heteroatoms. The molecule has 1 aromatic carbocycles. The summed E-state index contributed by atoms with van der Waals surface area (Å²) in [6.45, 7) is 0.0570. The predicted octanol–water partition coefficient (Wildman–Crippen LogP) is 4.09. The summed E-state index contributed by atoms with van der Waals surface area (Å²) >= 11 is 1.41. The standard InChI is InChI=1S/C35H37N7O7S/c1-48-24-13-11-21(12-14-24)28-29(32-36-15-17-50-32)40-42(39-28)23-18-26-30(43)38-35(34(46)47)19-22(35)8-5-3-2-4-6-9-25(33(45)41(26)20-23)37-31(44)27-10-7-16-49-27/h5,7-8,10-17,22-23,25-26H,2-4,6,9,18-20H2,1H3,(H,37,44)(H,38,43)(H,46,47)/b8-5-/t22?,23-,25?,26?,35?/m1/s1. The van der Waals surface area contributed by atoms with E-state index >= 15 is 0 Å². The van der Waals surface area contributed by atoms with Gasteiger partial charge in [-0.2, -0.15) is 9.90 Å². The van der Waals surface area contributed by atoms with Gasteiger partial charge in [0, 0.05) is 36.0 Å². The molecule has 2 fully saturated rings.